The van der Waals surface area contributed by atoms with Crippen molar-refractivity contribution in [2.75, 3.05) is 12.3 Å². The van der Waals surface area contributed by atoms with Crippen LogP contribution in [0.25, 0.3) is 0 Å². The monoisotopic (exact) mass is 235 g/mol. The molecule has 0 saturated heterocycles. The molecule has 0 amide bonds. The highest BCUT2D eigenvalue weighted by Crippen LogP contribution is 2.40. The van der Waals surface area contributed by atoms with Crippen molar-refractivity contribution in [3.63, 3.8) is 0 Å². The Labute approximate surface area is 89.6 Å². The minimum absolute atomic E-state index is 0.0120. The summed E-state index contributed by atoms with van der Waals surface area (Å²) in [6.45, 7) is 1.59. The van der Waals surface area contributed by atoms with Crippen molar-refractivity contribution in [3.8, 4) is 0 Å². The number of carboxylic acids is 1. The first-order chi connectivity index (χ1) is 6.88. The van der Waals surface area contributed by atoms with E-state index in [0.717, 1.165) is 0 Å². The molecule has 1 saturated carbocycles. The van der Waals surface area contributed by atoms with Crippen LogP contribution < -0.4 is 5.73 Å². The molecule has 1 aliphatic rings. The van der Waals surface area contributed by atoms with Gasteiger partial charge in [0.05, 0.1) is 10.7 Å². The first-order valence-corrected chi connectivity index (χ1v) is 6.74. The molecule has 0 aromatic heterocycles. The molecule has 5 nitrogen and oxygen atoms in total. The van der Waals surface area contributed by atoms with Gasteiger partial charge in [-0.2, -0.15) is 0 Å². The van der Waals surface area contributed by atoms with E-state index in [4.69, 9.17) is 10.8 Å². The quantitative estimate of drug-likeness (QED) is 0.715. The summed E-state index contributed by atoms with van der Waals surface area (Å²) in [4.78, 5) is 11.0. The number of nitrogens with two attached hydrogens (primary N) is 1. The minimum Gasteiger partial charge on any atom is -0.481 e. The van der Waals surface area contributed by atoms with Crippen molar-refractivity contribution >= 4 is 15.8 Å². The normalized spacial score (nSPS) is 31.7. The van der Waals surface area contributed by atoms with E-state index < -0.39 is 26.5 Å². The number of hydrogen-bond donors (Lipinski definition) is 2. The number of aliphatic carboxylic acids is 1. The third-order valence-electron chi connectivity index (χ3n) is 3.32. The molecule has 0 spiro atoms. The van der Waals surface area contributed by atoms with Crippen LogP contribution in [0.4, 0.5) is 0 Å². The maximum Gasteiger partial charge on any atom is 0.310 e. The predicted octanol–water partition coefficient (Wildman–Crippen LogP) is 0.00330. The third-order valence-corrected chi connectivity index (χ3v) is 5.54. The summed E-state index contributed by atoms with van der Waals surface area (Å²) >= 11 is 0. The van der Waals surface area contributed by atoms with Crippen LogP contribution in [0.15, 0.2) is 0 Å². The van der Waals surface area contributed by atoms with Gasteiger partial charge >= 0.3 is 5.97 Å². The maximum atomic E-state index is 11.6. The van der Waals surface area contributed by atoms with E-state index in [0.29, 0.717) is 12.8 Å². The Morgan fingerprint density at radius 1 is 1.60 bits per heavy atom. The lowest BCUT2D eigenvalue weighted by Gasteiger charge is -2.21. The first-order valence-electron chi connectivity index (χ1n) is 5.03. The van der Waals surface area contributed by atoms with E-state index in [1.54, 1.807) is 6.92 Å². The Morgan fingerprint density at radius 3 is 2.53 bits per heavy atom. The van der Waals surface area contributed by atoms with Gasteiger partial charge in [-0.3, -0.25) is 4.79 Å². The van der Waals surface area contributed by atoms with Crippen LogP contribution in [-0.2, 0) is 14.6 Å². The fourth-order valence-electron chi connectivity index (χ4n) is 2.09. The van der Waals surface area contributed by atoms with Gasteiger partial charge in [0.1, 0.15) is 0 Å². The van der Waals surface area contributed by atoms with E-state index in [9.17, 15) is 13.2 Å². The number of sulfone groups is 1. The van der Waals surface area contributed by atoms with Gasteiger partial charge in [0.15, 0.2) is 9.84 Å². The standard InChI is InChI=1S/C9H17NO4S/c1-2-15(13,14)7-3-4-9(5-7,6-10)8(11)12/h7H,2-6,10H2,1H3,(H,11,12). The lowest BCUT2D eigenvalue weighted by atomic mass is 9.87. The Kier molecular flexibility index (Phi) is 3.40. The number of carboxylic acid groups (broad SMARTS) is 1. The molecule has 1 rings (SSSR count). The average molecular weight is 235 g/mol. The summed E-state index contributed by atoms with van der Waals surface area (Å²) in [5, 5.41) is 8.52. The SMILES string of the molecule is CCS(=O)(=O)C1CCC(CN)(C(=O)O)C1. The highest BCUT2D eigenvalue weighted by atomic mass is 32.2. The summed E-state index contributed by atoms with van der Waals surface area (Å²) in [6, 6.07) is 0. The van der Waals surface area contributed by atoms with Crippen LogP contribution in [0.5, 0.6) is 0 Å². The van der Waals surface area contributed by atoms with Gasteiger partial charge in [-0.1, -0.05) is 6.92 Å². The van der Waals surface area contributed by atoms with Gasteiger partial charge in [-0.25, -0.2) is 8.42 Å². The fourth-order valence-corrected chi connectivity index (χ4v) is 3.61. The molecule has 88 valence electrons. The molecule has 0 aromatic rings. The van der Waals surface area contributed by atoms with Crippen LogP contribution in [0.1, 0.15) is 26.2 Å². The Bertz CT molecular complexity index is 351. The largest absolute Gasteiger partial charge is 0.481 e. The van der Waals surface area contributed by atoms with E-state index in [1.165, 1.54) is 0 Å². The van der Waals surface area contributed by atoms with Crippen LogP contribution >= 0.6 is 0 Å². The van der Waals surface area contributed by atoms with E-state index >= 15 is 0 Å². The topological polar surface area (TPSA) is 97.5 Å². The van der Waals surface area contributed by atoms with Gasteiger partial charge in [-0.05, 0) is 19.3 Å². The fraction of sp³-hybridized carbons (Fsp3) is 0.889. The van der Waals surface area contributed by atoms with E-state index in [2.05, 4.69) is 0 Å². The van der Waals surface area contributed by atoms with Crippen molar-refractivity contribution in [2.24, 2.45) is 11.1 Å². The summed E-state index contributed by atoms with van der Waals surface area (Å²) in [6.07, 6.45) is 0.942. The van der Waals surface area contributed by atoms with Crippen LogP contribution in [0.3, 0.4) is 0 Å². The smallest absolute Gasteiger partial charge is 0.310 e. The van der Waals surface area contributed by atoms with Gasteiger partial charge in [0, 0.05) is 12.3 Å². The third kappa shape index (κ3) is 2.15. The minimum atomic E-state index is -3.13. The van der Waals surface area contributed by atoms with Crippen molar-refractivity contribution in [1.29, 1.82) is 0 Å². The molecular formula is C9H17NO4S. The summed E-state index contributed by atoms with van der Waals surface area (Å²) in [7, 11) is -3.13. The Morgan fingerprint density at radius 2 is 2.20 bits per heavy atom. The zero-order valence-corrected chi connectivity index (χ0v) is 9.59. The molecule has 0 bridgehead atoms. The number of rotatable bonds is 4. The summed E-state index contributed by atoms with van der Waals surface area (Å²) in [5.41, 5.74) is 4.42. The molecule has 0 aromatic carbocycles. The van der Waals surface area contributed by atoms with Gasteiger partial charge in [-0.15, -0.1) is 0 Å². The van der Waals surface area contributed by atoms with Crippen LogP contribution in [0, 0.1) is 5.41 Å². The van der Waals surface area contributed by atoms with Crippen molar-refractivity contribution in [1.82, 2.24) is 0 Å². The Hall–Kier alpha value is -0.620. The molecule has 0 radical (unpaired) electrons. The number of hydrogen-bond acceptors (Lipinski definition) is 4. The van der Waals surface area contributed by atoms with Gasteiger partial charge < -0.3 is 10.8 Å². The second kappa shape index (κ2) is 4.09. The van der Waals surface area contributed by atoms with E-state index in [-0.39, 0.29) is 18.7 Å². The van der Waals surface area contributed by atoms with Crippen LogP contribution in [0.2, 0.25) is 0 Å². The second-order valence-electron chi connectivity index (χ2n) is 4.11. The second-order valence-corrected chi connectivity index (χ2v) is 6.68. The molecule has 0 aliphatic heterocycles. The zero-order chi connectivity index (χ0) is 11.7. The highest BCUT2D eigenvalue weighted by Gasteiger charge is 2.47. The molecule has 0 heterocycles. The zero-order valence-electron chi connectivity index (χ0n) is 8.77. The molecule has 3 N–H and O–H groups in total. The maximum absolute atomic E-state index is 11.6. The highest BCUT2D eigenvalue weighted by molar-refractivity contribution is 7.92. The average Bonchev–Trinajstić information content (AvgIpc) is 2.63. The van der Waals surface area contributed by atoms with Gasteiger partial charge in [0.25, 0.3) is 0 Å². The van der Waals surface area contributed by atoms with Gasteiger partial charge in [0.2, 0.25) is 0 Å². The molecule has 1 aliphatic carbocycles. The molecule has 2 atom stereocenters. The van der Waals surface area contributed by atoms with E-state index in [1.807, 2.05) is 0 Å². The molecule has 15 heavy (non-hydrogen) atoms. The molecule has 1 fully saturated rings. The first kappa shape index (κ1) is 12.4. The van der Waals surface area contributed by atoms with Crippen molar-refractivity contribution in [2.45, 2.75) is 31.4 Å². The molecule has 2 unspecified atom stereocenters. The lowest BCUT2D eigenvalue weighted by Crippen LogP contribution is -2.37. The Balaban J connectivity index is 2.87. The summed E-state index contributed by atoms with van der Waals surface area (Å²) in [5.74, 6) is -0.906. The molecule has 6 heteroatoms. The molecular weight excluding hydrogens is 218 g/mol. The number of carbonyl (C=O) groups is 1. The lowest BCUT2D eigenvalue weighted by molar-refractivity contribution is -0.147. The van der Waals surface area contributed by atoms with Crippen molar-refractivity contribution in [3.05, 3.63) is 0 Å². The van der Waals surface area contributed by atoms with Crippen LogP contribution in [-0.4, -0.2) is 37.0 Å². The van der Waals surface area contributed by atoms with Crippen molar-refractivity contribution < 1.29 is 18.3 Å². The predicted molar refractivity (Wildman–Crippen MR) is 56.2 cm³/mol. The summed E-state index contributed by atoms with van der Waals surface area (Å²) < 4.78 is 23.2.